The summed E-state index contributed by atoms with van der Waals surface area (Å²) in [5.74, 6) is 2.34. The quantitative estimate of drug-likeness (QED) is 0.430. The molecule has 1 N–H and O–H groups in total. The second kappa shape index (κ2) is 13.4. The third-order valence-corrected chi connectivity index (χ3v) is 6.41. The van der Waals surface area contributed by atoms with E-state index >= 15 is 0 Å². The molecule has 0 amide bonds. The molecule has 9 heteroatoms. The van der Waals surface area contributed by atoms with Crippen LogP contribution in [0.15, 0.2) is 16.7 Å². The van der Waals surface area contributed by atoms with Gasteiger partial charge in [-0.15, -0.1) is 0 Å². The molecule has 0 bridgehead atoms. The molecule has 2 aliphatic heterocycles. The molecule has 34 heavy (non-hydrogen) atoms. The third-order valence-electron chi connectivity index (χ3n) is 6.41. The number of piperidine rings is 1. The fourth-order valence-electron chi connectivity index (χ4n) is 4.07. The number of nitrogens with zero attached hydrogens (tertiary/aromatic N) is 4. The van der Waals surface area contributed by atoms with Gasteiger partial charge in [-0.05, 0) is 58.1 Å². The summed E-state index contributed by atoms with van der Waals surface area (Å²) >= 11 is 0. The van der Waals surface area contributed by atoms with Crippen LogP contribution in [-0.2, 0) is 4.74 Å². The van der Waals surface area contributed by atoms with Crippen LogP contribution in [0, 0.1) is 12.8 Å². The second-order valence-corrected chi connectivity index (χ2v) is 9.30. The van der Waals surface area contributed by atoms with Gasteiger partial charge in [-0.25, -0.2) is 4.98 Å². The molecule has 2 aromatic heterocycles. The highest BCUT2D eigenvalue weighted by Crippen LogP contribution is 2.26. The van der Waals surface area contributed by atoms with E-state index in [1.54, 1.807) is 12.1 Å². The predicted octanol–water partition coefficient (Wildman–Crippen LogP) is 3.78. The number of aromatic nitrogens is 3. The summed E-state index contributed by atoms with van der Waals surface area (Å²) in [6.07, 6.45) is 6.39. The molecule has 4 rings (SSSR count). The Hall–Kier alpha value is -2.52. The SMILES string of the molecule is CNC1CCOC1.Cc1nc(OCCCC2CCN(c3nc(C(C)C)no3)CC2)ccc1C=O. The van der Waals surface area contributed by atoms with Crippen LogP contribution in [0.2, 0.25) is 0 Å². The van der Waals surface area contributed by atoms with Gasteiger partial charge in [0.1, 0.15) is 0 Å². The highest BCUT2D eigenvalue weighted by atomic mass is 16.5. The van der Waals surface area contributed by atoms with Gasteiger partial charge in [0.05, 0.1) is 18.9 Å². The molecule has 0 radical (unpaired) electrons. The first-order chi connectivity index (χ1) is 16.5. The summed E-state index contributed by atoms with van der Waals surface area (Å²) in [6.45, 7) is 10.3. The number of pyridine rings is 1. The predicted molar refractivity (Wildman–Crippen MR) is 131 cm³/mol. The van der Waals surface area contributed by atoms with E-state index in [9.17, 15) is 4.79 Å². The van der Waals surface area contributed by atoms with Crippen LogP contribution in [-0.4, -0.2) is 67.4 Å². The van der Waals surface area contributed by atoms with Crippen molar-refractivity contribution in [3.8, 4) is 5.88 Å². The van der Waals surface area contributed by atoms with Crippen LogP contribution in [0.5, 0.6) is 5.88 Å². The lowest BCUT2D eigenvalue weighted by Gasteiger charge is -2.30. The maximum atomic E-state index is 10.8. The first-order valence-electron chi connectivity index (χ1n) is 12.4. The van der Waals surface area contributed by atoms with Crippen LogP contribution in [0.25, 0.3) is 0 Å². The molecule has 2 saturated heterocycles. The first kappa shape index (κ1) is 26.1. The van der Waals surface area contributed by atoms with E-state index in [1.165, 1.54) is 6.42 Å². The molecule has 9 nitrogen and oxygen atoms in total. The van der Waals surface area contributed by atoms with Gasteiger partial charge in [0.15, 0.2) is 12.1 Å². The summed E-state index contributed by atoms with van der Waals surface area (Å²) < 4.78 is 16.2. The summed E-state index contributed by atoms with van der Waals surface area (Å²) in [6, 6.07) is 4.79. The standard InChI is InChI=1S/C20H28N4O3.C5H11NO/c1-14(2)19-22-20(27-23-19)24-10-8-16(9-11-24)5-4-12-26-18-7-6-17(13-25)15(3)21-18;1-6-5-2-3-7-4-5/h6-7,13-14,16H,4-5,8-12H2,1-3H3;5-6H,2-4H2,1H3. The van der Waals surface area contributed by atoms with E-state index in [0.717, 1.165) is 64.1 Å². The number of hydrogen-bond acceptors (Lipinski definition) is 9. The Morgan fingerprint density at radius 1 is 1.24 bits per heavy atom. The number of anilines is 1. The van der Waals surface area contributed by atoms with Crippen molar-refractivity contribution in [3.63, 3.8) is 0 Å². The number of carbonyl (C=O) groups is 1. The second-order valence-electron chi connectivity index (χ2n) is 9.30. The average Bonchev–Trinajstić information content (AvgIpc) is 3.55. The summed E-state index contributed by atoms with van der Waals surface area (Å²) in [5, 5.41) is 7.19. The molecule has 0 aliphatic carbocycles. The smallest absolute Gasteiger partial charge is 0.324 e. The van der Waals surface area contributed by atoms with Gasteiger partial charge in [0.25, 0.3) is 0 Å². The van der Waals surface area contributed by atoms with E-state index in [4.69, 9.17) is 14.0 Å². The maximum Gasteiger partial charge on any atom is 0.324 e. The molecule has 2 fully saturated rings. The zero-order valence-electron chi connectivity index (χ0n) is 21.0. The van der Waals surface area contributed by atoms with Crippen LogP contribution < -0.4 is 15.0 Å². The number of nitrogens with one attached hydrogen (secondary N) is 1. The first-order valence-corrected chi connectivity index (χ1v) is 12.4. The van der Waals surface area contributed by atoms with Crippen LogP contribution in [0.4, 0.5) is 6.01 Å². The van der Waals surface area contributed by atoms with Gasteiger partial charge in [-0.2, -0.15) is 4.98 Å². The van der Waals surface area contributed by atoms with Crippen molar-refractivity contribution >= 4 is 12.3 Å². The lowest BCUT2D eigenvalue weighted by Crippen LogP contribution is -2.34. The Labute approximate surface area is 202 Å². The van der Waals surface area contributed by atoms with Crippen LogP contribution >= 0.6 is 0 Å². The highest BCUT2D eigenvalue weighted by Gasteiger charge is 2.23. The number of aryl methyl sites for hydroxylation is 1. The Morgan fingerprint density at radius 2 is 2.03 bits per heavy atom. The van der Waals surface area contributed by atoms with E-state index in [0.29, 0.717) is 41.7 Å². The molecule has 0 spiro atoms. The fraction of sp³-hybridized carbons (Fsp3) is 0.680. The van der Waals surface area contributed by atoms with Crippen LogP contribution in [0.3, 0.4) is 0 Å². The van der Waals surface area contributed by atoms with E-state index < -0.39 is 0 Å². The fourth-order valence-corrected chi connectivity index (χ4v) is 4.07. The zero-order chi connectivity index (χ0) is 24.3. The van der Waals surface area contributed by atoms with Gasteiger partial charge in [0.2, 0.25) is 5.88 Å². The zero-order valence-corrected chi connectivity index (χ0v) is 21.0. The Balaban J connectivity index is 0.000000396. The number of ether oxygens (including phenoxy) is 2. The minimum Gasteiger partial charge on any atom is -0.478 e. The molecule has 0 saturated carbocycles. The number of carbonyl (C=O) groups excluding carboxylic acids is 1. The Bertz CT molecular complexity index is 874. The van der Waals surface area contributed by atoms with Gasteiger partial charge in [-0.3, -0.25) is 4.79 Å². The van der Waals surface area contributed by atoms with Crippen molar-refractivity contribution in [1.29, 1.82) is 0 Å². The highest BCUT2D eigenvalue weighted by molar-refractivity contribution is 5.76. The lowest BCUT2D eigenvalue weighted by molar-refractivity contribution is 0.112. The Morgan fingerprint density at radius 3 is 2.59 bits per heavy atom. The van der Waals surface area contributed by atoms with Gasteiger partial charge >= 0.3 is 6.01 Å². The number of rotatable bonds is 9. The molecular formula is C25H39N5O4. The van der Waals surface area contributed by atoms with Crippen molar-refractivity contribution in [2.75, 3.05) is 44.9 Å². The maximum absolute atomic E-state index is 10.8. The van der Waals surface area contributed by atoms with Gasteiger partial charge in [-0.1, -0.05) is 19.0 Å². The molecule has 1 unspecified atom stereocenters. The summed E-state index contributed by atoms with van der Waals surface area (Å²) in [4.78, 5) is 21.8. The largest absolute Gasteiger partial charge is 0.478 e. The van der Waals surface area contributed by atoms with Crippen molar-refractivity contribution in [1.82, 2.24) is 20.4 Å². The summed E-state index contributed by atoms with van der Waals surface area (Å²) in [5.41, 5.74) is 1.31. The molecule has 0 aromatic carbocycles. The molecule has 2 aliphatic rings. The number of likely N-dealkylation sites (N-methyl/N-ethyl adjacent to an activating group) is 1. The lowest BCUT2D eigenvalue weighted by atomic mass is 9.92. The van der Waals surface area contributed by atoms with E-state index in [1.807, 2.05) is 14.0 Å². The topological polar surface area (TPSA) is 103 Å². The Kier molecular flexibility index (Phi) is 10.3. The van der Waals surface area contributed by atoms with Gasteiger partial charge < -0.3 is 24.2 Å². The molecule has 2 aromatic rings. The third kappa shape index (κ3) is 7.77. The van der Waals surface area contributed by atoms with Crippen molar-refractivity contribution in [2.45, 2.75) is 64.8 Å². The minimum absolute atomic E-state index is 0.285. The number of hydrogen-bond donors (Lipinski definition) is 1. The molecule has 1 atom stereocenters. The molecular weight excluding hydrogens is 434 g/mol. The summed E-state index contributed by atoms with van der Waals surface area (Å²) in [7, 11) is 1.97. The molecule has 4 heterocycles. The van der Waals surface area contributed by atoms with Crippen molar-refractivity contribution in [3.05, 3.63) is 29.2 Å². The average molecular weight is 474 g/mol. The van der Waals surface area contributed by atoms with Crippen molar-refractivity contribution < 1.29 is 18.8 Å². The van der Waals surface area contributed by atoms with E-state index in [2.05, 4.69) is 39.2 Å². The monoisotopic (exact) mass is 473 g/mol. The minimum atomic E-state index is 0.285. The normalized spacial score (nSPS) is 18.6. The van der Waals surface area contributed by atoms with Crippen molar-refractivity contribution in [2.24, 2.45) is 5.92 Å². The van der Waals surface area contributed by atoms with Crippen LogP contribution in [0.1, 0.15) is 73.7 Å². The number of aldehydes is 1. The van der Waals surface area contributed by atoms with Gasteiger partial charge in [0, 0.05) is 43.3 Å². The van der Waals surface area contributed by atoms with E-state index in [-0.39, 0.29) is 5.92 Å². The molecule has 188 valence electrons.